The minimum absolute atomic E-state index is 0.0501. The molecular weight excluding hydrogens is 613 g/mol. The van der Waals surface area contributed by atoms with Crippen LogP contribution in [-0.4, -0.2) is 63.4 Å². The molecule has 1 heterocycles. The Morgan fingerprint density at radius 3 is 2.33 bits per heavy atom. The molecule has 8 atom stereocenters. The molecule has 48 heavy (non-hydrogen) atoms. The monoisotopic (exact) mass is 676 g/mol. The van der Waals surface area contributed by atoms with Crippen LogP contribution in [0.1, 0.15) is 122 Å². The topological polar surface area (TPSA) is 69.6 Å². The van der Waals surface area contributed by atoms with Gasteiger partial charge in [0.1, 0.15) is 0 Å². The van der Waals surface area contributed by atoms with E-state index in [1.54, 1.807) is 17.7 Å². The number of carboxylic acids is 1. The number of fused-ring (bicyclic) bond motifs is 7. The van der Waals surface area contributed by atoms with E-state index in [2.05, 4.69) is 57.0 Å². The van der Waals surface area contributed by atoms with Gasteiger partial charge in [-0.25, -0.2) is 4.79 Å². The van der Waals surface area contributed by atoms with Crippen LogP contribution >= 0.6 is 0 Å². The Morgan fingerprint density at radius 2 is 1.67 bits per heavy atom. The van der Waals surface area contributed by atoms with Crippen molar-refractivity contribution in [1.29, 1.82) is 0 Å². The minimum atomic E-state index is -0.856. The van der Waals surface area contributed by atoms with Gasteiger partial charge in [0.15, 0.2) is 0 Å². The Hall–Kier alpha value is -1.76. The molecule has 5 aliphatic carbocycles. The number of aromatic carboxylic acids is 1. The summed E-state index contributed by atoms with van der Waals surface area (Å²) in [7, 11) is -0.608. The van der Waals surface area contributed by atoms with Crippen LogP contribution in [-0.2, 0) is 10.8 Å². The number of rotatable bonds is 6. The molecule has 0 spiro atoms. The van der Waals surface area contributed by atoms with Crippen LogP contribution in [0.3, 0.4) is 0 Å². The van der Waals surface area contributed by atoms with Crippen molar-refractivity contribution >= 4 is 22.3 Å². The second kappa shape index (κ2) is 13.8. The highest BCUT2D eigenvalue weighted by Gasteiger charge is 2.65. The molecule has 0 amide bonds. The van der Waals surface area contributed by atoms with E-state index >= 15 is 0 Å². The summed E-state index contributed by atoms with van der Waals surface area (Å²) in [5.41, 5.74) is 5.69. The highest BCUT2D eigenvalue weighted by Crippen LogP contribution is 2.72. The summed E-state index contributed by atoms with van der Waals surface area (Å²) in [4.78, 5) is 14.0. The Morgan fingerprint density at radius 1 is 0.958 bits per heavy atom. The average Bonchev–Trinajstić information content (AvgIpc) is 3.45. The summed E-state index contributed by atoms with van der Waals surface area (Å²) in [5, 5.41) is 13.7. The quantitative estimate of drug-likeness (QED) is 0.295. The van der Waals surface area contributed by atoms with E-state index in [1.165, 1.54) is 62.5 Å². The molecule has 0 bridgehead atoms. The molecule has 1 aliphatic heterocycles. The van der Waals surface area contributed by atoms with Crippen molar-refractivity contribution in [3.05, 3.63) is 53.1 Å². The van der Waals surface area contributed by atoms with Gasteiger partial charge < -0.3 is 15.3 Å². The minimum Gasteiger partial charge on any atom is -0.478 e. The predicted molar refractivity (Wildman–Crippen MR) is 201 cm³/mol. The van der Waals surface area contributed by atoms with Gasteiger partial charge in [0.2, 0.25) is 0 Å². The van der Waals surface area contributed by atoms with Crippen molar-refractivity contribution < 1.29 is 14.1 Å². The first-order valence-electron chi connectivity index (χ1n) is 19.4. The predicted octanol–water partition coefficient (Wildman–Crippen LogP) is 8.83. The largest absolute Gasteiger partial charge is 0.478 e. The third-order valence-electron chi connectivity index (χ3n) is 15.0. The molecule has 6 heteroatoms. The van der Waals surface area contributed by atoms with Gasteiger partial charge in [-0.3, -0.25) is 4.21 Å². The molecule has 0 radical (unpaired) electrons. The molecule has 5 nitrogen and oxygen atoms in total. The number of hydrogen-bond donors (Lipinski definition) is 2. The number of nitrogens with one attached hydrogen (secondary N) is 1. The number of hydrogen-bond acceptors (Lipinski definition) is 4. The zero-order valence-electron chi connectivity index (χ0n) is 31.1. The fourth-order valence-corrected chi connectivity index (χ4v) is 14.1. The van der Waals surface area contributed by atoms with Crippen molar-refractivity contribution in [2.75, 3.05) is 37.7 Å². The molecule has 1 aromatic carbocycles. The zero-order chi connectivity index (χ0) is 34.5. The summed E-state index contributed by atoms with van der Waals surface area (Å²) >= 11 is 0. The molecule has 5 unspecified atom stereocenters. The normalized spacial score (nSPS) is 40.0. The van der Waals surface area contributed by atoms with Gasteiger partial charge in [-0.15, -0.1) is 0 Å². The first kappa shape index (κ1) is 36.0. The van der Waals surface area contributed by atoms with Crippen LogP contribution in [0.4, 0.5) is 0 Å². The number of carboxylic acid groups (broad SMARTS) is 1. The molecule has 4 saturated carbocycles. The van der Waals surface area contributed by atoms with Gasteiger partial charge in [0.05, 0.1) is 5.56 Å². The highest BCUT2D eigenvalue weighted by molar-refractivity contribution is 7.85. The van der Waals surface area contributed by atoms with Gasteiger partial charge in [-0.2, -0.15) is 0 Å². The van der Waals surface area contributed by atoms with Crippen LogP contribution in [0.25, 0.3) is 5.57 Å². The number of benzene rings is 1. The van der Waals surface area contributed by atoms with E-state index in [1.807, 2.05) is 26.0 Å². The van der Waals surface area contributed by atoms with Gasteiger partial charge in [0, 0.05) is 59.9 Å². The van der Waals surface area contributed by atoms with Gasteiger partial charge in [0.25, 0.3) is 0 Å². The number of allylic oxidation sites excluding steroid dienone is 3. The molecule has 6 aliphatic rings. The van der Waals surface area contributed by atoms with Crippen molar-refractivity contribution in [1.82, 2.24) is 10.2 Å². The van der Waals surface area contributed by atoms with Crippen LogP contribution in [0.2, 0.25) is 0 Å². The third-order valence-corrected chi connectivity index (χ3v) is 16.3. The SMILES string of the molecule is C/C=C1\CCC2(NCCN3CCS(=O)CC3)CCC3C(CC[C@H]4C3(C)CC[C@H]3C(C)(C)C(c5ccc(C(=O)O)cc5)=CCC34C)[C@@H]12.CC. The van der Waals surface area contributed by atoms with Gasteiger partial charge in [-0.05, 0) is 128 Å². The molecule has 2 N–H and O–H groups in total. The van der Waals surface area contributed by atoms with Crippen molar-refractivity contribution in [3.8, 4) is 0 Å². The number of nitrogens with zero attached hydrogens (tertiary/aromatic N) is 1. The van der Waals surface area contributed by atoms with E-state index in [0.29, 0.717) is 22.8 Å². The lowest BCUT2D eigenvalue weighted by Crippen LogP contribution is -2.64. The lowest BCUT2D eigenvalue weighted by molar-refractivity contribution is -0.170. The first-order valence-corrected chi connectivity index (χ1v) is 20.9. The van der Waals surface area contributed by atoms with Crippen LogP contribution in [0.5, 0.6) is 0 Å². The molecule has 266 valence electrons. The standard InChI is InChI=1S/C40H58N2O3S.C2H6/c1-6-27-13-19-40(41-21-22-42-23-25-46(45)26-24-42)20-15-32-30(35(27)40)11-12-34-38(32,4)18-16-33-37(2,3)31(14-17-39(33,34)5)28-7-9-29(10-8-28)36(43)44;1-2/h6-10,14,30,32-35,41H,11-13,15-26H2,1-5H3,(H,43,44);1-2H3/b27-6+;/t30?,32?,33-,34-,35+,38?,39?,40?;/m0./s1. The van der Waals surface area contributed by atoms with E-state index in [4.69, 9.17) is 0 Å². The number of carbonyl (C=O) groups is 1. The summed E-state index contributed by atoms with van der Waals surface area (Å²) in [6, 6.07) is 7.63. The Bertz CT molecular complexity index is 1420. The van der Waals surface area contributed by atoms with Crippen LogP contribution in [0, 0.1) is 45.8 Å². The van der Waals surface area contributed by atoms with E-state index in [9.17, 15) is 14.1 Å². The molecule has 5 fully saturated rings. The Kier molecular flexibility index (Phi) is 10.3. The summed E-state index contributed by atoms with van der Waals surface area (Å²) in [6.45, 7) is 20.7. The maximum Gasteiger partial charge on any atom is 0.335 e. The second-order valence-electron chi connectivity index (χ2n) is 17.1. The van der Waals surface area contributed by atoms with Gasteiger partial charge in [-0.1, -0.05) is 71.4 Å². The van der Waals surface area contributed by atoms with Crippen molar-refractivity contribution in [2.45, 2.75) is 112 Å². The zero-order valence-corrected chi connectivity index (χ0v) is 31.9. The van der Waals surface area contributed by atoms with Crippen LogP contribution in [0.15, 0.2) is 42.0 Å². The average molecular weight is 677 g/mol. The third kappa shape index (κ3) is 5.92. The molecular formula is C42H64N2O3S. The smallest absolute Gasteiger partial charge is 0.335 e. The summed E-state index contributed by atoms with van der Waals surface area (Å²) in [5.74, 6) is 4.45. The fourth-order valence-electron chi connectivity index (χ4n) is 13.0. The van der Waals surface area contributed by atoms with E-state index in [-0.39, 0.29) is 16.4 Å². The van der Waals surface area contributed by atoms with Gasteiger partial charge >= 0.3 is 5.97 Å². The molecule has 1 saturated heterocycles. The molecule has 0 aromatic heterocycles. The lowest BCUT2D eigenvalue weighted by Gasteiger charge is -2.68. The summed E-state index contributed by atoms with van der Waals surface area (Å²) < 4.78 is 11.9. The van der Waals surface area contributed by atoms with Crippen molar-refractivity contribution in [2.24, 2.45) is 45.8 Å². The molecule has 1 aromatic rings. The second-order valence-corrected chi connectivity index (χ2v) is 18.8. The summed E-state index contributed by atoms with van der Waals surface area (Å²) in [6.07, 6.45) is 16.7. The fraction of sp³-hybridized carbons (Fsp3) is 0.738. The lowest BCUT2D eigenvalue weighted by atomic mass is 9.37. The maximum atomic E-state index is 11.9. The Balaban J connectivity index is 0.00000197. The van der Waals surface area contributed by atoms with E-state index in [0.717, 1.165) is 61.9 Å². The van der Waals surface area contributed by atoms with Crippen molar-refractivity contribution in [3.63, 3.8) is 0 Å². The first-order chi connectivity index (χ1) is 22.9. The van der Waals surface area contributed by atoms with Crippen LogP contribution < -0.4 is 5.32 Å². The Labute approximate surface area is 294 Å². The molecule has 7 rings (SSSR count). The van der Waals surface area contributed by atoms with E-state index < -0.39 is 16.8 Å². The highest BCUT2D eigenvalue weighted by atomic mass is 32.2. The maximum absolute atomic E-state index is 11.9.